The van der Waals surface area contributed by atoms with E-state index in [9.17, 15) is 9.59 Å². The van der Waals surface area contributed by atoms with Gasteiger partial charge >= 0.3 is 0 Å². The number of carbonyl (C=O) groups is 2. The minimum absolute atomic E-state index is 0.00531. The Morgan fingerprint density at radius 2 is 1.96 bits per heavy atom. The molecule has 1 saturated heterocycles. The van der Waals surface area contributed by atoms with Gasteiger partial charge in [0, 0.05) is 30.6 Å². The maximum atomic E-state index is 12.6. The Kier molecular flexibility index (Phi) is 4.32. The molecule has 0 saturated carbocycles. The van der Waals surface area contributed by atoms with Gasteiger partial charge < -0.3 is 10.2 Å². The number of carbonyl (C=O) groups excluding carboxylic acids is 2. The van der Waals surface area contributed by atoms with Gasteiger partial charge in [0.1, 0.15) is 5.82 Å². The van der Waals surface area contributed by atoms with Gasteiger partial charge in [-0.1, -0.05) is 11.6 Å². The molecule has 7 heteroatoms. The molecule has 0 spiro atoms. The zero-order valence-electron chi connectivity index (χ0n) is 13.8. The van der Waals surface area contributed by atoms with Crippen LogP contribution in [0.5, 0.6) is 0 Å². The van der Waals surface area contributed by atoms with E-state index in [-0.39, 0.29) is 24.2 Å². The van der Waals surface area contributed by atoms with Crippen molar-refractivity contribution in [2.75, 3.05) is 18.9 Å². The first-order valence-electron chi connectivity index (χ1n) is 7.74. The molecule has 0 radical (unpaired) electrons. The summed E-state index contributed by atoms with van der Waals surface area (Å²) in [4.78, 5) is 25.8. The van der Waals surface area contributed by atoms with Crippen molar-refractivity contribution in [3.05, 3.63) is 40.5 Å². The first kappa shape index (κ1) is 16.5. The van der Waals surface area contributed by atoms with Crippen LogP contribution in [0.1, 0.15) is 17.7 Å². The van der Waals surface area contributed by atoms with Crippen LogP contribution in [0.2, 0.25) is 5.02 Å². The lowest BCUT2D eigenvalue weighted by Crippen LogP contribution is -2.27. The standard InChI is InChI=1S/C17H19ClN4O2/c1-10-11(2)20-22(14-6-4-13(18)5-7-14)16(10)19-17(24)12-8-15(23)21(3)9-12/h4-7,12H,8-9H2,1-3H3,(H,19,24). The van der Waals surface area contributed by atoms with Crippen molar-refractivity contribution in [2.45, 2.75) is 20.3 Å². The van der Waals surface area contributed by atoms with Crippen LogP contribution in [0.25, 0.3) is 5.69 Å². The fourth-order valence-electron chi connectivity index (χ4n) is 2.78. The molecule has 1 atom stereocenters. The summed E-state index contributed by atoms with van der Waals surface area (Å²) in [6.45, 7) is 4.25. The summed E-state index contributed by atoms with van der Waals surface area (Å²) in [5.41, 5.74) is 2.54. The van der Waals surface area contributed by atoms with Crippen LogP contribution in [-0.2, 0) is 9.59 Å². The second-order valence-corrected chi connectivity index (χ2v) is 6.55. The zero-order valence-corrected chi connectivity index (χ0v) is 14.6. The number of hydrogen-bond donors (Lipinski definition) is 1. The number of benzene rings is 1. The van der Waals surface area contributed by atoms with Gasteiger partial charge in [-0.25, -0.2) is 4.68 Å². The van der Waals surface area contributed by atoms with E-state index in [0.717, 1.165) is 16.9 Å². The minimum Gasteiger partial charge on any atom is -0.345 e. The Balaban J connectivity index is 1.89. The molecule has 2 amide bonds. The molecule has 1 unspecified atom stereocenters. The van der Waals surface area contributed by atoms with E-state index in [2.05, 4.69) is 10.4 Å². The van der Waals surface area contributed by atoms with Crippen molar-refractivity contribution in [1.29, 1.82) is 0 Å². The Labute approximate surface area is 145 Å². The van der Waals surface area contributed by atoms with Crippen LogP contribution in [0, 0.1) is 19.8 Å². The van der Waals surface area contributed by atoms with Crippen LogP contribution in [0.15, 0.2) is 24.3 Å². The van der Waals surface area contributed by atoms with Gasteiger partial charge in [-0.15, -0.1) is 0 Å². The topological polar surface area (TPSA) is 67.2 Å². The number of nitrogens with zero attached hydrogens (tertiary/aromatic N) is 3. The smallest absolute Gasteiger partial charge is 0.230 e. The summed E-state index contributed by atoms with van der Waals surface area (Å²) in [5.74, 6) is 0.123. The third kappa shape index (κ3) is 3.01. The zero-order chi connectivity index (χ0) is 17.4. The summed E-state index contributed by atoms with van der Waals surface area (Å²) in [5, 5.41) is 8.08. The highest BCUT2D eigenvalue weighted by atomic mass is 35.5. The summed E-state index contributed by atoms with van der Waals surface area (Å²) >= 11 is 5.94. The molecule has 0 bridgehead atoms. The fraction of sp³-hybridized carbons (Fsp3) is 0.353. The van der Waals surface area contributed by atoms with E-state index < -0.39 is 0 Å². The third-order valence-corrected chi connectivity index (χ3v) is 4.64. The fourth-order valence-corrected chi connectivity index (χ4v) is 2.90. The molecule has 0 aliphatic carbocycles. The number of amides is 2. The largest absolute Gasteiger partial charge is 0.345 e. The predicted molar refractivity (Wildman–Crippen MR) is 92.4 cm³/mol. The maximum absolute atomic E-state index is 12.6. The minimum atomic E-state index is -0.337. The quantitative estimate of drug-likeness (QED) is 0.928. The first-order chi connectivity index (χ1) is 11.4. The number of likely N-dealkylation sites (tertiary alicyclic amines) is 1. The molecule has 1 N–H and O–H groups in total. The Hall–Kier alpha value is -2.34. The molecule has 1 aliphatic rings. The van der Waals surface area contributed by atoms with Gasteiger partial charge in [-0.3, -0.25) is 9.59 Å². The van der Waals surface area contributed by atoms with E-state index >= 15 is 0 Å². The lowest BCUT2D eigenvalue weighted by Gasteiger charge is -2.13. The van der Waals surface area contributed by atoms with Crippen molar-refractivity contribution in [3.63, 3.8) is 0 Å². The summed E-state index contributed by atoms with van der Waals surface area (Å²) in [6.07, 6.45) is 0.245. The molecule has 1 aromatic heterocycles. The number of nitrogens with one attached hydrogen (secondary N) is 1. The molecule has 24 heavy (non-hydrogen) atoms. The van der Waals surface area contributed by atoms with Crippen LogP contribution in [-0.4, -0.2) is 40.1 Å². The highest BCUT2D eigenvalue weighted by molar-refractivity contribution is 6.30. The van der Waals surface area contributed by atoms with Gasteiger partial charge in [0.15, 0.2) is 0 Å². The SMILES string of the molecule is Cc1nn(-c2ccc(Cl)cc2)c(NC(=O)C2CC(=O)N(C)C2)c1C. The molecule has 1 aliphatic heterocycles. The number of anilines is 1. The predicted octanol–water partition coefficient (Wildman–Crippen LogP) is 2.56. The highest BCUT2D eigenvalue weighted by Crippen LogP contribution is 2.25. The number of aromatic nitrogens is 2. The van der Waals surface area contributed by atoms with Crippen molar-refractivity contribution in [2.24, 2.45) is 5.92 Å². The molecule has 2 heterocycles. The van der Waals surface area contributed by atoms with E-state index in [4.69, 9.17) is 11.6 Å². The van der Waals surface area contributed by atoms with Crippen LogP contribution in [0.4, 0.5) is 5.82 Å². The number of halogens is 1. The monoisotopic (exact) mass is 346 g/mol. The Morgan fingerprint density at radius 1 is 1.29 bits per heavy atom. The lowest BCUT2D eigenvalue weighted by atomic mass is 10.1. The normalized spacial score (nSPS) is 17.4. The summed E-state index contributed by atoms with van der Waals surface area (Å²) < 4.78 is 1.69. The van der Waals surface area contributed by atoms with Gasteiger partial charge in [0.25, 0.3) is 0 Å². The van der Waals surface area contributed by atoms with Crippen molar-refractivity contribution < 1.29 is 9.59 Å². The van der Waals surface area contributed by atoms with Crippen LogP contribution in [0.3, 0.4) is 0 Å². The average Bonchev–Trinajstić information content (AvgIpc) is 3.02. The average molecular weight is 347 g/mol. The van der Waals surface area contributed by atoms with E-state index in [0.29, 0.717) is 17.4 Å². The second kappa shape index (κ2) is 6.28. The van der Waals surface area contributed by atoms with Crippen molar-refractivity contribution in [3.8, 4) is 5.69 Å². The molecular weight excluding hydrogens is 328 g/mol. The molecule has 3 rings (SSSR count). The van der Waals surface area contributed by atoms with Crippen LogP contribution >= 0.6 is 11.6 Å². The van der Waals surface area contributed by atoms with Crippen molar-refractivity contribution in [1.82, 2.24) is 14.7 Å². The van der Waals surface area contributed by atoms with Gasteiger partial charge in [0.2, 0.25) is 11.8 Å². The molecule has 6 nitrogen and oxygen atoms in total. The molecular formula is C17H19ClN4O2. The number of rotatable bonds is 3. The van der Waals surface area contributed by atoms with E-state index in [1.807, 2.05) is 26.0 Å². The highest BCUT2D eigenvalue weighted by Gasteiger charge is 2.33. The first-order valence-corrected chi connectivity index (χ1v) is 8.11. The maximum Gasteiger partial charge on any atom is 0.230 e. The van der Waals surface area contributed by atoms with E-state index in [1.54, 1.807) is 28.8 Å². The van der Waals surface area contributed by atoms with Crippen molar-refractivity contribution >= 4 is 29.2 Å². The number of aryl methyl sites for hydroxylation is 1. The second-order valence-electron chi connectivity index (χ2n) is 6.11. The summed E-state index contributed by atoms with van der Waals surface area (Å²) in [7, 11) is 1.71. The molecule has 126 valence electrons. The Bertz CT molecular complexity index is 798. The number of hydrogen-bond acceptors (Lipinski definition) is 3. The third-order valence-electron chi connectivity index (χ3n) is 4.38. The van der Waals surface area contributed by atoms with E-state index in [1.165, 1.54) is 0 Å². The van der Waals surface area contributed by atoms with Crippen LogP contribution < -0.4 is 5.32 Å². The van der Waals surface area contributed by atoms with Gasteiger partial charge in [0.05, 0.1) is 17.3 Å². The van der Waals surface area contributed by atoms with Gasteiger partial charge in [-0.05, 0) is 38.1 Å². The summed E-state index contributed by atoms with van der Waals surface area (Å²) in [6, 6.07) is 7.24. The lowest BCUT2D eigenvalue weighted by molar-refractivity contribution is -0.127. The van der Waals surface area contributed by atoms with Gasteiger partial charge in [-0.2, -0.15) is 5.10 Å². The molecule has 1 fully saturated rings. The Morgan fingerprint density at radius 3 is 2.54 bits per heavy atom. The molecule has 2 aromatic rings. The molecule has 1 aromatic carbocycles.